The Hall–Kier alpha value is -0.770. The summed E-state index contributed by atoms with van der Waals surface area (Å²) in [5, 5.41) is 3.71. The Balaban J connectivity index is 0.00000144. The molecule has 1 aliphatic rings. The van der Waals surface area contributed by atoms with Gasteiger partial charge in [-0.3, -0.25) is 4.79 Å². The van der Waals surface area contributed by atoms with Crippen molar-refractivity contribution in [2.45, 2.75) is 13.0 Å². The first-order chi connectivity index (χ1) is 7.61. The van der Waals surface area contributed by atoms with Crippen LogP contribution in [-0.4, -0.2) is 37.0 Å². The minimum absolute atomic E-state index is 0. The average Bonchev–Trinajstić information content (AvgIpc) is 2.18. The molecule has 2 rings (SSSR count). The van der Waals surface area contributed by atoms with E-state index in [0.29, 0.717) is 16.6 Å². The molecule has 0 radical (unpaired) electrons. The van der Waals surface area contributed by atoms with Gasteiger partial charge in [-0.05, 0) is 18.6 Å². The van der Waals surface area contributed by atoms with Gasteiger partial charge in [-0.2, -0.15) is 0 Å². The number of rotatable bonds is 2. The molecule has 0 unspecified atom stereocenters. The van der Waals surface area contributed by atoms with Crippen molar-refractivity contribution in [1.29, 1.82) is 0 Å². The zero-order valence-corrected chi connectivity index (χ0v) is 11.4. The van der Waals surface area contributed by atoms with Gasteiger partial charge in [0.15, 0.2) is 0 Å². The molecule has 1 N–H and O–H groups in total. The SMILES string of the molecule is Cc1cccc(C(=O)N(C)C2CNC2)c1Cl.Cl. The number of likely N-dealkylation sites (N-methyl/N-ethyl adjacent to an activating group) is 1. The number of halogens is 2. The van der Waals surface area contributed by atoms with E-state index >= 15 is 0 Å². The molecule has 1 amide bonds. The topological polar surface area (TPSA) is 32.3 Å². The molecule has 0 bridgehead atoms. The molecule has 1 aliphatic heterocycles. The number of nitrogens with zero attached hydrogens (tertiary/aromatic N) is 1. The van der Waals surface area contributed by atoms with Gasteiger partial charge in [-0.25, -0.2) is 0 Å². The fourth-order valence-electron chi connectivity index (χ4n) is 1.72. The van der Waals surface area contributed by atoms with Gasteiger partial charge in [-0.15, -0.1) is 12.4 Å². The lowest BCUT2D eigenvalue weighted by molar-refractivity contribution is 0.0681. The molecular formula is C12H16Cl2N2O. The van der Waals surface area contributed by atoms with Crippen LogP contribution in [-0.2, 0) is 0 Å². The monoisotopic (exact) mass is 274 g/mol. The molecule has 0 atom stereocenters. The summed E-state index contributed by atoms with van der Waals surface area (Å²) < 4.78 is 0. The van der Waals surface area contributed by atoms with Crippen LogP contribution in [0.15, 0.2) is 18.2 Å². The molecule has 1 fully saturated rings. The smallest absolute Gasteiger partial charge is 0.255 e. The molecule has 1 aromatic rings. The lowest BCUT2D eigenvalue weighted by Gasteiger charge is -2.35. The third kappa shape index (κ3) is 2.73. The normalized spacial score (nSPS) is 14.8. The minimum atomic E-state index is 0. The van der Waals surface area contributed by atoms with Crippen LogP contribution in [0.25, 0.3) is 0 Å². The Labute approximate surface area is 113 Å². The fourth-order valence-corrected chi connectivity index (χ4v) is 1.92. The highest BCUT2D eigenvalue weighted by atomic mass is 35.5. The average molecular weight is 275 g/mol. The third-order valence-electron chi connectivity index (χ3n) is 3.05. The van der Waals surface area contributed by atoms with Crippen LogP contribution >= 0.6 is 24.0 Å². The zero-order chi connectivity index (χ0) is 11.7. The molecule has 5 heteroatoms. The fraction of sp³-hybridized carbons (Fsp3) is 0.417. The molecule has 0 aliphatic carbocycles. The number of hydrogen-bond donors (Lipinski definition) is 1. The molecule has 17 heavy (non-hydrogen) atoms. The first kappa shape index (κ1) is 14.3. The van der Waals surface area contributed by atoms with E-state index in [0.717, 1.165) is 18.7 Å². The minimum Gasteiger partial charge on any atom is -0.336 e. The number of nitrogens with one attached hydrogen (secondary N) is 1. The Morgan fingerprint density at radius 1 is 1.47 bits per heavy atom. The highest BCUT2D eigenvalue weighted by molar-refractivity contribution is 6.34. The van der Waals surface area contributed by atoms with Gasteiger partial charge in [0.2, 0.25) is 0 Å². The summed E-state index contributed by atoms with van der Waals surface area (Å²) in [7, 11) is 1.83. The van der Waals surface area contributed by atoms with Crippen molar-refractivity contribution >= 4 is 29.9 Å². The van der Waals surface area contributed by atoms with E-state index in [-0.39, 0.29) is 18.3 Å². The Morgan fingerprint density at radius 3 is 2.65 bits per heavy atom. The highest BCUT2D eigenvalue weighted by Crippen LogP contribution is 2.22. The van der Waals surface area contributed by atoms with Gasteiger partial charge < -0.3 is 10.2 Å². The standard InChI is InChI=1S/C12H15ClN2O.ClH/c1-8-4-3-5-10(11(8)13)12(16)15(2)9-6-14-7-9;/h3-5,9,14H,6-7H2,1-2H3;1H. The Kier molecular flexibility index (Phi) is 4.80. The third-order valence-corrected chi connectivity index (χ3v) is 3.55. The van der Waals surface area contributed by atoms with Crippen LogP contribution < -0.4 is 5.32 Å². The second-order valence-electron chi connectivity index (χ2n) is 4.16. The number of aryl methyl sites for hydroxylation is 1. The summed E-state index contributed by atoms with van der Waals surface area (Å²) in [4.78, 5) is 13.9. The van der Waals surface area contributed by atoms with Crippen LogP contribution in [0, 0.1) is 6.92 Å². The van der Waals surface area contributed by atoms with Crippen LogP contribution in [0.3, 0.4) is 0 Å². The van der Waals surface area contributed by atoms with E-state index in [1.807, 2.05) is 26.1 Å². The van der Waals surface area contributed by atoms with E-state index in [4.69, 9.17) is 11.6 Å². The van der Waals surface area contributed by atoms with Gasteiger partial charge in [0, 0.05) is 20.1 Å². The second-order valence-corrected chi connectivity index (χ2v) is 4.54. The van der Waals surface area contributed by atoms with Crippen molar-refractivity contribution in [3.63, 3.8) is 0 Å². The number of benzene rings is 1. The predicted octanol–water partition coefficient (Wildman–Crippen LogP) is 2.11. The van der Waals surface area contributed by atoms with E-state index in [1.165, 1.54) is 0 Å². The van der Waals surface area contributed by atoms with E-state index in [9.17, 15) is 4.79 Å². The van der Waals surface area contributed by atoms with Crippen LogP contribution in [0.5, 0.6) is 0 Å². The molecule has 0 spiro atoms. The largest absolute Gasteiger partial charge is 0.336 e. The summed E-state index contributed by atoms with van der Waals surface area (Å²) in [5.74, 6) is 0.000185. The van der Waals surface area contributed by atoms with Crippen molar-refractivity contribution < 1.29 is 4.79 Å². The molecule has 0 aromatic heterocycles. The molecule has 1 aromatic carbocycles. The molecule has 1 heterocycles. The maximum atomic E-state index is 12.2. The second kappa shape index (κ2) is 5.71. The first-order valence-corrected chi connectivity index (χ1v) is 5.72. The quantitative estimate of drug-likeness (QED) is 0.896. The molecule has 1 saturated heterocycles. The summed E-state index contributed by atoms with van der Waals surface area (Å²) in [6.07, 6.45) is 0. The van der Waals surface area contributed by atoms with E-state index in [2.05, 4.69) is 5.32 Å². The van der Waals surface area contributed by atoms with Gasteiger partial charge in [0.25, 0.3) is 5.91 Å². The van der Waals surface area contributed by atoms with Crippen molar-refractivity contribution in [3.8, 4) is 0 Å². The lowest BCUT2D eigenvalue weighted by Crippen LogP contribution is -2.57. The van der Waals surface area contributed by atoms with Crippen LogP contribution in [0.4, 0.5) is 0 Å². The maximum Gasteiger partial charge on any atom is 0.255 e. The number of carbonyl (C=O) groups is 1. The highest BCUT2D eigenvalue weighted by Gasteiger charge is 2.27. The van der Waals surface area contributed by atoms with E-state index < -0.39 is 0 Å². The van der Waals surface area contributed by atoms with Gasteiger partial charge in [0.1, 0.15) is 0 Å². The van der Waals surface area contributed by atoms with Crippen LogP contribution in [0.1, 0.15) is 15.9 Å². The van der Waals surface area contributed by atoms with Crippen molar-refractivity contribution in [1.82, 2.24) is 10.2 Å². The number of carbonyl (C=O) groups excluding carboxylic acids is 1. The number of hydrogen-bond acceptors (Lipinski definition) is 2. The van der Waals surface area contributed by atoms with E-state index in [1.54, 1.807) is 11.0 Å². The summed E-state index contributed by atoms with van der Waals surface area (Å²) in [6, 6.07) is 5.84. The molecular weight excluding hydrogens is 259 g/mol. The summed E-state index contributed by atoms with van der Waals surface area (Å²) >= 11 is 6.13. The van der Waals surface area contributed by atoms with Gasteiger partial charge >= 0.3 is 0 Å². The zero-order valence-electron chi connectivity index (χ0n) is 9.87. The summed E-state index contributed by atoms with van der Waals surface area (Å²) in [5.41, 5.74) is 1.53. The van der Waals surface area contributed by atoms with Crippen LogP contribution in [0.2, 0.25) is 5.02 Å². The lowest BCUT2D eigenvalue weighted by atomic mass is 10.1. The van der Waals surface area contributed by atoms with Gasteiger partial charge in [-0.1, -0.05) is 23.7 Å². The predicted molar refractivity (Wildman–Crippen MR) is 72.2 cm³/mol. The Bertz CT molecular complexity index is 419. The van der Waals surface area contributed by atoms with Gasteiger partial charge in [0.05, 0.1) is 16.6 Å². The van der Waals surface area contributed by atoms with Crippen molar-refractivity contribution in [2.24, 2.45) is 0 Å². The summed E-state index contributed by atoms with van der Waals surface area (Å²) in [6.45, 7) is 3.64. The molecule has 0 saturated carbocycles. The maximum absolute atomic E-state index is 12.2. The first-order valence-electron chi connectivity index (χ1n) is 5.34. The molecule has 94 valence electrons. The van der Waals surface area contributed by atoms with Crippen molar-refractivity contribution in [2.75, 3.05) is 20.1 Å². The van der Waals surface area contributed by atoms with Crippen molar-refractivity contribution in [3.05, 3.63) is 34.3 Å². The number of amides is 1. The molecule has 3 nitrogen and oxygen atoms in total. The Morgan fingerprint density at radius 2 is 2.12 bits per heavy atom.